The van der Waals surface area contributed by atoms with Gasteiger partial charge >= 0.3 is 5.97 Å². The van der Waals surface area contributed by atoms with E-state index in [0.717, 1.165) is 48.8 Å². The van der Waals surface area contributed by atoms with Gasteiger partial charge in [-0.1, -0.05) is 178 Å². The van der Waals surface area contributed by atoms with Gasteiger partial charge in [0, 0.05) is 13.0 Å². The number of nitrogens with one attached hydrogen (secondary N) is 2. The number of hydrogen-bond donors (Lipinski definition) is 2. The second-order valence-corrected chi connectivity index (χ2v) is 14.1. The summed E-state index contributed by atoms with van der Waals surface area (Å²) in [6.45, 7) is 5.46. The Morgan fingerprint density at radius 1 is 0.560 bits per heavy atom. The van der Waals surface area contributed by atoms with E-state index >= 15 is 0 Å². The van der Waals surface area contributed by atoms with Crippen LogP contribution in [-0.2, 0) is 25.5 Å². The van der Waals surface area contributed by atoms with Crippen molar-refractivity contribution in [2.45, 2.75) is 174 Å². The summed E-state index contributed by atoms with van der Waals surface area (Å²) in [5, 5.41) is 5.99. The molecule has 50 heavy (non-hydrogen) atoms. The maximum atomic E-state index is 13.1. The fourth-order valence-electron chi connectivity index (χ4n) is 6.37. The summed E-state index contributed by atoms with van der Waals surface area (Å²) in [5.74, 6) is -0.442. The first-order chi connectivity index (χ1) is 24.5. The van der Waals surface area contributed by atoms with Gasteiger partial charge in [-0.2, -0.15) is 0 Å². The molecule has 0 aliphatic heterocycles. The number of ether oxygens (including phenoxy) is 1. The lowest BCUT2D eigenvalue weighted by molar-refractivity contribution is -0.148. The molecule has 6 heteroatoms. The van der Waals surface area contributed by atoms with Gasteiger partial charge in [0.15, 0.2) is 0 Å². The lowest BCUT2D eigenvalue weighted by Crippen LogP contribution is -2.42. The molecule has 0 aliphatic carbocycles. The number of hydrogen-bond acceptors (Lipinski definition) is 4. The third-order valence-electron chi connectivity index (χ3n) is 9.54. The second-order valence-electron chi connectivity index (χ2n) is 14.1. The summed E-state index contributed by atoms with van der Waals surface area (Å²) in [6, 6.07) is 17.5. The second kappa shape index (κ2) is 29.6. The Bertz CT molecular complexity index is 1130. The highest BCUT2D eigenvalue weighted by molar-refractivity contribution is 5.85. The number of rotatable bonds is 31. The van der Waals surface area contributed by atoms with Crippen molar-refractivity contribution in [2.75, 3.05) is 13.2 Å². The Morgan fingerprint density at radius 2 is 1.08 bits per heavy atom. The molecule has 0 saturated heterocycles. The molecule has 0 spiro atoms. The van der Waals surface area contributed by atoms with Gasteiger partial charge in [-0.05, 0) is 48.8 Å². The minimum atomic E-state index is -0.688. The molecule has 0 heterocycles. The largest absolute Gasteiger partial charge is 0.464 e. The van der Waals surface area contributed by atoms with Gasteiger partial charge < -0.3 is 15.4 Å². The van der Waals surface area contributed by atoms with Crippen molar-refractivity contribution < 1.29 is 19.1 Å². The number of amides is 2. The van der Waals surface area contributed by atoms with Crippen LogP contribution in [0, 0.1) is 0 Å². The van der Waals surface area contributed by atoms with E-state index in [-0.39, 0.29) is 24.2 Å². The number of benzene rings is 2. The predicted molar refractivity (Wildman–Crippen MR) is 209 cm³/mol. The lowest BCUT2D eigenvalue weighted by atomic mass is 10.0. The Labute approximate surface area is 305 Å². The molecular weight excluding hydrogens is 620 g/mol. The monoisotopic (exact) mass is 691 g/mol. The quantitative estimate of drug-likeness (QED) is 0.0609. The Hall–Kier alpha value is -3.15. The van der Waals surface area contributed by atoms with Crippen molar-refractivity contribution in [3.05, 3.63) is 60.2 Å². The van der Waals surface area contributed by atoms with Gasteiger partial charge in [0.2, 0.25) is 11.8 Å². The molecule has 2 rings (SSSR count). The molecule has 0 radical (unpaired) electrons. The topological polar surface area (TPSA) is 84.5 Å². The highest BCUT2D eigenvalue weighted by Gasteiger charge is 2.22. The van der Waals surface area contributed by atoms with E-state index in [0.29, 0.717) is 32.4 Å². The molecule has 2 amide bonds. The maximum absolute atomic E-state index is 13.1. The first kappa shape index (κ1) is 43.0. The van der Waals surface area contributed by atoms with Gasteiger partial charge in [0.1, 0.15) is 6.04 Å². The molecule has 280 valence electrons. The van der Waals surface area contributed by atoms with Gasteiger partial charge in [-0.3, -0.25) is 9.59 Å². The Balaban J connectivity index is 1.72. The number of carbonyl (C=O) groups is 3. The minimum absolute atomic E-state index is 0.104. The molecular formula is C44H70N2O4. The van der Waals surface area contributed by atoms with Crippen molar-refractivity contribution in [1.29, 1.82) is 0 Å². The van der Waals surface area contributed by atoms with Crippen LogP contribution >= 0.6 is 0 Å². The van der Waals surface area contributed by atoms with E-state index in [1.807, 2.05) is 42.5 Å². The van der Waals surface area contributed by atoms with Crippen LogP contribution in [0.1, 0.15) is 167 Å². The van der Waals surface area contributed by atoms with Crippen molar-refractivity contribution in [3.63, 3.8) is 0 Å². The Morgan fingerprint density at radius 3 is 1.66 bits per heavy atom. The minimum Gasteiger partial charge on any atom is -0.464 e. The normalized spacial score (nSPS) is 11.6. The predicted octanol–water partition coefficient (Wildman–Crippen LogP) is 11.1. The molecule has 0 aromatic heterocycles. The summed E-state index contributed by atoms with van der Waals surface area (Å²) >= 11 is 0. The molecule has 2 N–H and O–H groups in total. The van der Waals surface area contributed by atoms with Crippen LogP contribution < -0.4 is 10.6 Å². The highest BCUT2D eigenvalue weighted by atomic mass is 16.5. The first-order valence-corrected chi connectivity index (χ1v) is 20.4. The smallest absolute Gasteiger partial charge is 0.328 e. The molecule has 0 bridgehead atoms. The number of carbonyl (C=O) groups excluding carboxylic acids is 3. The van der Waals surface area contributed by atoms with E-state index < -0.39 is 6.04 Å². The van der Waals surface area contributed by atoms with Crippen LogP contribution in [0.25, 0.3) is 11.1 Å². The molecule has 2 aromatic rings. The molecule has 2 aromatic carbocycles. The fourth-order valence-corrected chi connectivity index (χ4v) is 6.37. The highest BCUT2D eigenvalue weighted by Crippen LogP contribution is 2.20. The van der Waals surface area contributed by atoms with Crippen molar-refractivity contribution >= 4 is 17.8 Å². The zero-order valence-corrected chi connectivity index (χ0v) is 31.8. The van der Waals surface area contributed by atoms with Gasteiger partial charge in [0.25, 0.3) is 0 Å². The van der Waals surface area contributed by atoms with Crippen LogP contribution in [0.2, 0.25) is 0 Å². The lowest BCUT2D eigenvalue weighted by Gasteiger charge is -2.18. The van der Waals surface area contributed by atoms with Crippen molar-refractivity contribution in [2.24, 2.45) is 0 Å². The van der Waals surface area contributed by atoms with Crippen LogP contribution in [0.3, 0.4) is 0 Å². The summed E-state index contributed by atoms with van der Waals surface area (Å²) in [4.78, 5) is 38.5. The van der Waals surface area contributed by atoms with Crippen molar-refractivity contribution in [3.8, 4) is 11.1 Å². The maximum Gasteiger partial charge on any atom is 0.328 e. The first-order valence-electron chi connectivity index (χ1n) is 20.4. The van der Waals surface area contributed by atoms with Crippen LogP contribution in [-0.4, -0.2) is 37.0 Å². The van der Waals surface area contributed by atoms with Crippen molar-refractivity contribution in [1.82, 2.24) is 10.6 Å². The molecule has 0 aliphatic rings. The molecule has 1 atom stereocenters. The van der Waals surface area contributed by atoms with Gasteiger partial charge in [0.05, 0.1) is 13.0 Å². The number of unbranched alkanes of at least 4 members (excludes halogenated alkanes) is 18. The zero-order chi connectivity index (χ0) is 35.9. The summed E-state index contributed by atoms with van der Waals surface area (Å²) in [5.41, 5.74) is 3.13. The van der Waals surface area contributed by atoms with Gasteiger partial charge in [-0.15, -0.1) is 0 Å². The number of esters is 1. The SMILES string of the molecule is CCCCCCCCCCCCOC(=O)[C@H](CCCCNC(=O)CCCCCCCCCCC)NC(=O)Cc1ccc(-c2ccccc2)cc1. The molecule has 6 nitrogen and oxygen atoms in total. The van der Waals surface area contributed by atoms with Crippen LogP contribution in [0.15, 0.2) is 54.6 Å². The average Bonchev–Trinajstić information content (AvgIpc) is 3.13. The summed E-state index contributed by atoms with van der Waals surface area (Å²) in [6.07, 6.45) is 26.1. The van der Waals surface area contributed by atoms with E-state index in [2.05, 4.69) is 36.6 Å². The van der Waals surface area contributed by atoms with E-state index in [4.69, 9.17) is 4.74 Å². The third-order valence-corrected chi connectivity index (χ3v) is 9.54. The summed E-state index contributed by atoms with van der Waals surface area (Å²) in [7, 11) is 0. The Kier molecular flexibility index (Phi) is 25.4. The molecule has 0 saturated carbocycles. The third kappa shape index (κ3) is 21.8. The zero-order valence-electron chi connectivity index (χ0n) is 31.8. The van der Waals surface area contributed by atoms with Gasteiger partial charge in [-0.25, -0.2) is 4.79 Å². The van der Waals surface area contributed by atoms with E-state index in [1.165, 1.54) is 96.3 Å². The average molecular weight is 691 g/mol. The van der Waals surface area contributed by atoms with E-state index in [9.17, 15) is 14.4 Å². The van der Waals surface area contributed by atoms with Crippen LogP contribution in [0.5, 0.6) is 0 Å². The fraction of sp³-hybridized carbons (Fsp3) is 0.659. The standard InChI is InChI=1S/C44H70N2O4/c1-3-5-7-9-11-13-15-17-19-26-36-50-44(49)41(29-24-25-35-45-42(47)30-23-18-16-14-12-10-8-6-4-2)46-43(48)37-38-31-33-40(34-32-38)39-27-21-20-22-28-39/h20-22,27-28,31-34,41H,3-19,23-26,29-30,35-37H2,1-2H3,(H,45,47)(H,46,48)/t41-/m0/s1. The molecule has 0 fully saturated rings. The van der Waals surface area contributed by atoms with Crippen LogP contribution in [0.4, 0.5) is 0 Å². The molecule has 0 unspecified atom stereocenters. The van der Waals surface area contributed by atoms with E-state index in [1.54, 1.807) is 0 Å². The summed E-state index contributed by atoms with van der Waals surface area (Å²) < 4.78 is 5.66.